The number of benzene rings is 2. The molecule has 0 aliphatic carbocycles. The lowest BCUT2D eigenvalue weighted by Crippen LogP contribution is -2.51. The SMILES string of the molecule is Cc1nn(C)c(C)c1-c1ccc([C@H](C)N2CCC(CC(C)(C)O)(c3ccccc3)OC2=O)cc1. The molecule has 34 heavy (non-hydrogen) atoms. The molecule has 4 rings (SSSR count). The fraction of sp³-hybridized carbons (Fsp3) is 0.429. The van der Waals surface area contributed by atoms with Crippen molar-refractivity contribution in [3.8, 4) is 11.1 Å². The van der Waals surface area contributed by atoms with Crippen molar-refractivity contribution in [2.45, 2.75) is 64.7 Å². The Morgan fingerprint density at radius 3 is 2.29 bits per heavy atom. The first-order valence-corrected chi connectivity index (χ1v) is 11.9. The minimum atomic E-state index is -0.970. The minimum Gasteiger partial charge on any atom is -0.438 e. The van der Waals surface area contributed by atoms with Crippen LogP contribution in [0, 0.1) is 13.8 Å². The topological polar surface area (TPSA) is 67.6 Å². The van der Waals surface area contributed by atoms with Crippen LogP contribution in [0.4, 0.5) is 4.79 Å². The smallest absolute Gasteiger partial charge is 0.411 e. The number of aliphatic hydroxyl groups is 1. The summed E-state index contributed by atoms with van der Waals surface area (Å²) in [5.41, 5.74) is 4.56. The molecule has 1 aromatic heterocycles. The molecule has 3 aromatic rings. The summed E-state index contributed by atoms with van der Waals surface area (Å²) in [6.45, 7) is 10.2. The average molecular weight is 462 g/mol. The third kappa shape index (κ3) is 4.60. The summed E-state index contributed by atoms with van der Waals surface area (Å²) in [6, 6.07) is 18.0. The molecule has 2 aromatic carbocycles. The number of hydrogen-bond donors (Lipinski definition) is 1. The van der Waals surface area contributed by atoms with Crippen LogP contribution in [-0.2, 0) is 17.4 Å². The highest BCUT2D eigenvalue weighted by Crippen LogP contribution is 2.42. The number of carbonyl (C=O) groups excluding carboxylic acids is 1. The highest BCUT2D eigenvalue weighted by Gasteiger charge is 2.46. The van der Waals surface area contributed by atoms with E-state index in [4.69, 9.17) is 4.74 Å². The van der Waals surface area contributed by atoms with E-state index in [2.05, 4.69) is 36.3 Å². The Hall–Kier alpha value is -3.12. The monoisotopic (exact) mass is 461 g/mol. The highest BCUT2D eigenvalue weighted by molar-refractivity contribution is 5.71. The Balaban J connectivity index is 1.55. The molecule has 6 nitrogen and oxygen atoms in total. The molecule has 0 bridgehead atoms. The van der Waals surface area contributed by atoms with Crippen LogP contribution in [0.25, 0.3) is 11.1 Å². The van der Waals surface area contributed by atoms with E-state index in [1.165, 1.54) is 0 Å². The van der Waals surface area contributed by atoms with Gasteiger partial charge in [0.1, 0.15) is 5.60 Å². The van der Waals surface area contributed by atoms with Crippen molar-refractivity contribution in [3.05, 3.63) is 77.1 Å². The van der Waals surface area contributed by atoms with Crippen LogP contribution in [-0.4, -0.2) is 38.0 Å². The second-order valence-corrected chi connectivity index (χ2v) is 10.1. The van der Waals surface area contributed by atoms with Gasteiger partial charge in [-0.15, -0.1) is 0 Å². The minimum absolute atomic E-state index is 0.131. The van der Waals surface area contributed by atoms with Gasteiger partial charge in [0, 0.05) is 37.7 Å². The number of cyclic esters (lactones) is 1. The summed E-state index contributed by atoms with van der Waals surface area (Å²) in [7, 11) is 1.96. The number of hydrogen-bond acceptors (Lipinski definition) is 4. The van der Waals surface area contributed by atoms with Crippen molar-refractivity contribution < 1.29 is 14.6 Å². The van der Waals surface area contributed by atoms with Gasteiger partial charge in [-0.05, 0) is 51.3 Å². The molecular weight excluding hydrogens is 426 g/mol. The van der Waals surface area contributed by atoms with E-state index in [1.54, 1.807) is 18.7 Å². The number of ether oxygens (including phenoxy) is 1. The van der Waals surface area contributed by atoms with Crippen LogP contribution < -0.4 is 0 Å². The first-order chi connectivity index (χ1) is 16.0. The van der Waals surface area contributed by atoms with Crippen LogP contribution in [0.15, 0.2) is 54.6 Å². The Morgan fingerprint density at radius 2 is 1.76 bits per heavy atom. The van der Waals surface area contributed by atoms with Crippen LogP contribution in [0.3, 0.4) is 0 Å². The van der Waals surface area contributed by atoms with E-state index in [1.807, 2.05) is 55.9 Å². The van der Waals surface area contributed by atoms with Crippen molar-refractivity contribution >= 4 is 6.09 Å². The molecular formula is C28H35N3O3. The van der Waals surface area contributed by atoms with E-state index >= 15 is 0 Å². The maximum absolute atomic E-state index is 13.3. The second kappa shape index (κ2) is 8.91. The van der Waals surface area contributed by atoms with E-state index in [-0.39, 0.29) is 12.1 Å². The third-order valence-corrected chi connectivity index (χ3v) is 6.95. The Morgan fingerprint density at radius 1 is 1.12 bits per heavy atom. The van der Waals surface area contributed by atoms with Crippen LogP contribution in [0.5, 0.6) is 0 Å². The zero-order chi connectivity index (χ0) is 24.7. The summed E-state index contributed by atoms with van der Waals surface area (Å²) in [6.07, 6.45) is 0.606. The second-order valence-electron chi connectivity index (χ2n) is 10.1. The summed E-state index contributed by atoms with van der Waals surface area (Å²) < 4.78 is 8.03. The van der Waals surface area contributed by atoms with E-state index in [0.717, 1.165) is 33.6 Å². The van der Waals surface area contributed by atoms with Gasteiger partial charge in [0.2, 0.25) is 0 Å². The van der Waals surface area contributed by atoms with E-state index in [9.17, 15) is 9.90 Å². The predicted molar refractivity (Wildman–Crippen MR) is 133 cm³/mol. The molecule has 1 saturated heterocycles. The zero-order valence-electron chi connectivity index (χ0n) is 21.0. The lowest BCUT2D eigenvalue weighted by atomic mass is 9.80. The number of amides is 1. The molecule has 1 amide bonds. The van der Waals surface area contributed by atoms with E-state index in [0.29, 0.717) is 19.4 Å². The molecule has 1 fully saturated rings. The largest absolute Gasteiger partial charge is 0.438 e. The van der Waals surface area contributed by atoms with Gasteiger partial charge in [-0.25, -0.2) is 4.79 Å². The Bertz CT molecular complexity index is 1160. The molecule has 0 spiro atoms. The molecule has 2 atom stereocenters. The number of aryl methyl sites for hydroxylation is 2. The van der Waals surface area contributed by atoms with Gasteiger partial charge in [-0.1, -0.05) is 54.6 Å². The van der Waals surface area contributed by atoms with Gasteiger partial charge in [0.25, 0.3) is 0 Å². The summed E-state index contributed by atoms with van der Waals surface area (Å²) in [5.74, 6) is 0. The molecule has 0 saturated carbocycles. The Labute approximate surface area is 202 Å². The van der Waals surface area contributed by atoms with Gasteiger partial charge in [0.05, 0.1) is 17.3 Å². The molecule has 180 valence electrons. The standard InChI is InChI=1S/C28H35N3O3/c1-19-25(21(3)30(6)29-19)23-14-12-22(13-15-23)20(2)31-17-16-28(34-26(31)32,18-27(4,5)33)24-10-8-7-9-11-24/h7-15,20,33H,16-18H2,1-6H3/t20-,28?/m0/s1. The predicted octanol–water partition coefficient (Wildman–Crippen LogP) is 5.66. The lowest BCUT2D eigenvalue weighted by molar-refractivity contribution is -0.101. The first-order valence-electron chi connectivity index (χ1n) is 11.9. The zero-order valence-corrected chi connectivity index (χ0v) is 21.0. The van der Waals surface area contributed by atoms with Gasteiger partial charge in [0.15, 0.2) is 0 Å². The average Bonchev–Trinajstić information content (AvgIpc) is 3.04. The Kier molecular flexibility index (Phi) is 6.30. The number of nitrogens with zero attached hydrogens (tertiary/aromatic N) is 3. The summed E-state index contributed by atoms with van der Waals surface area (Å²) >= 11 is 0. The number of aromatic nitrogens is 2. The van der Waals surface area contributed by atoms with Gasteiger partial charge < -0.3 is 14.7 Å². The molecule has 1 aliphatic heterocycles. The molecule has 6 heteroatoms. The molecule has 1 N–H and O–H groups in total. The van der Waals surface area contributed by atoms with Gasteiger partial charge >= 0.3 is 6.09 Å². The van der Waals surface area contributed by atoms with Gasteiger partial charge in [-0.2, -0.15) is 5.10 Å². The maximum atomic E-state index is 13.3. The number of carbonyl (C=O) groups is 1. The normalized spacial score (nSPS) is 19.7. The first kappa shape index (κ1) is 24.0. The lowest BCUT2D eigenvalue weighted by Gasteiger charge is -2.45. The molecule has 2 heterocycles. The van der Waals surface area contributed by atoms with E-state index < -0.39 is 11.2 Å². The quantitative estimate of drug-likeness (QED) is 0.514. The van der Waals surface area contributed by atoms with Crippen LogP contribution in [0.1, 0.15) is 62.2 Å². The summed E-state index contributed by atoms with van der Waals surface area (Å²) in [4.78, 5) is 15.1. The van der Waals surface area contributed by atoms with Crippen molar-refractivity contribution in [2.24, 2.45) is 7.05 Å². The van der Waals surface area contributed by atoms with Gasteiger partial charge in [-0.3, -0.25) is 4.68 Å². The van der Waals surface area contributed by atoms with Crippen molar-refractivity contribution in [1.82, 2.24) is 14.7 Å². The third-order valence-electron chi connectivity index (χ3n) is 6.95. The molecule has 1 unspecified atom stereocenters. The summed E-state index contributed by atoms with van der Waals surface area (Å²) in [5, 5.41) is 15.1. The van der Waals surface area contributed by atoms with Crippen LogP contribution in [0.2, 0.25) is 0 Å². The van der Waals surface area contributed by atoms with Crippen molar-refractivity contribution in [3.63, 3.8) is 0 Å². The number of rotatable bonds is 6. The maximum Gasteiger partial charge on any atom is 0.411 e. The molecule has 1 aliphatic rings. The van der Waals surface area contributed by atoms with Crippen LogP contribution >= 0.6 is 0 Å². The fourth-order valence-electron chi connectivity index (χ4n) is 5.19. The highest BCUT2D eigenvalue weighted by atomic mass is 16.6. The van der Waals surface area contributed by atoms with Crippen molar-refractivity contribution in [2.75, 3.05) is 6.54 Å². The van der Waals surface area contributed by atoms with Crippen molar-refractivity contribution in [1.29, 1.82) is 0 Å². The molecule has 0 radical (unpaired) electrons. The fourth-order valence-corrected chi connectivity index (χ4v) is 5.19.